The summed E-state index contributed by atoms with van der Waals surface area (Å²) < 4.78 is 0. The van der Waals surface area contributed by atoms with Crippen molar-refractivity contribution in [3.8, 4) is 0 Å². The van der Waals surface area contributed by atoms with Gasteiger partial charge in [-0.1, -0.05) is 13.3 Å². The fourth-order valence-corrected chi connectivity index (χ4v) is 3.74. The summed E-state index contributed by atoms with van der Waals surface area (Å²) in [5.41, 5.74) is 2.47. The first-order valence-corrected chi connectivity index (χ1v) is 8.28. The first-order valence-electron chi connectivity index (χ1n) is 8.28. The molecule has 0 aromatic carbocycles. The second-order valence-electron chi connectivity index (χ2n) is 6.72. The zero-order valence-electron chi connectivity index (χ0n) is 13.7. The van der Waals surface area contributed by atoms with E-state index in [-0.39, 0.29) is 18.4 Å². The normalized spacial score (nSPS) is 24.7. The Morgan fingerprint density at radius 2 is 2.17 bits per heavy atom. The molecule has 2 N–H and O–H groups in total. The first kappa shape index (κ1) is 16.0. The smallest absolute Gasteiger partial charge is 0.308 e. The lowest BCUT2D eigenvalue weighted by molar-refractivity contribution is -0.142. The Kier molecular flexibility index (Phi) is 4.39. The summed E-state index contributed by atoms with van der Waals surface area (Å²) in [4.78, 5) is 28.1. The summed E-state index contributed by atoms with van der Waals surface area (Å²) >= 11 is 0. The van der Waals surface area contributed by atoms with E-state index >= 15 is 0 Å². The van der Waals surface area contributed by atoms with Crippen LogP contribution in [0.15, 0.2) is 0 Å². The van der Waals surface area contributed by atoms with E-state index in [2.05, 4.69) is 15.1 Å². The summed E-state index contributed by atoms with van der Waals surface area (Å²) in [7, 11) is 2.03. The second-order valence-corrected chi connectivity index (χ2v) is 6.72. The summed E-state index contributed by atoms with van der Waals surface area (Å²) in [6.07, 6.45) is 2.63. The van der Waals surface area contributed by atoms with Gasteiger partial charge < -0.3 is 14.9 Å². The zero-order valence-corrected chi connectivity index (χ0v) is 13.7. The number of amides is 1. The van der Waals surface area contributed by atoms with Crippen molar-refractivity contribution in [1.29, 1.82) is 0 Å². The SMILES string of the molecule is CCC[C@@H]1CN(C(=O)c2n[nH]c3c2CN(C)CC3)C[C@H]1C(=O)O. The molecule has 126 valence electrons. The van der Waals surface area contributed by atoms with Gasteiger partial charge in [0, 0.05) is 43.9 Å². The van der Waals surface area contributed by atoms with Gasteiger partial charge in [-0.3, -0.25) is 14.7 Å². The third kappa shape index (κ3) is 2.97. The molecule has 1 amide bonds. The number of nitrogens with zero attached hydrogens (tertiary/aromatic N) is 3. The Bertz CT molecular complexity index is 612. The van der Waals surface area contributed by atoms with Crippen LogP contribution in [0.4, 0.5) is 0 Å². The van der Waals surface area contributed by atoms with Crippen LogP contribution in [0.3, 0.4) is 0 Å². The van der Waals surface area contributed by atoms with E-state index in [1.807, 2.05) is 14.0 Å². The van der Waals surface area contributed by atoms with E-state index in [0.717, 1.165) is 37.1 Å². The molecule has 7 heteroatoms. The molecule has 3 rings (SSSR count). The van der Waals surface area contributed by atoms with E-state index in [4.69, 9.17) is 0 Å². The predicted octanol–water partition coefficient (Wildman–Crippen LogP) is 0.971. The largest absolute Gasteiger partial charge is 0.481 e. The number of hydrogen-bond acceptors (Lipinski definition) is 4. The van der Waals surface area contributed by atoms with Gasteiger partial charge in [-0.05, 0) is 19.4 Å². The first-order chi connectivity index (χ1) is 11.0. The highest BCUT2D eigenvalue weighted by atomic mass is 16.4. The van der Waals surface area contributed by atoms with Crippen molar-refractivity contribution in [1.82, 2.24) is 20.0 Å². The number of likely N-dealkylation sites (tertiary alicyclic amines) is 1. The van der Waals surface area contributed by atoms with Gasteiger partial charge in [-0.2, -0.15) is 5.10 Å². The molecular weight excluding hydrogens is 296 g/mol. The van der Waals surface area contributed by atoms with Crippen LogP contribution in [-0.2, 0) is 17.8 Å². The van der Waals surface area contributed by atoms with Crippen LogP contribution in [-0.4, -0.2) is 63.7 Å². The minimum absolute atomic E-state index is 0.0406. The van der Waals surface area contributed by atoms with Crippen LogP contribution in [0, 0.1) is 11.8 Å². The van der Waals surface area contributed by atoms with Crippen molar-refractivity contribution < 1.29 is 14.7 Å². The third-order valence-electron chi connectivity index (χ3n) is 5.03. The Balaban J connectivity index is 1.79. The highest BCUT2D eigenvalue weighted by molar-refractivity contribution is 5.94. The summed E-state index contributed by atoms with van der Waals surface area (Å²) in [6.45, 7) is 4.51. The summed E-state index contributed by atoms with van der Waals surface area (Å²) in [5.74, 6) is -1.36. The molecule has 2 atom stereocenters. The molecule has 1 saturated heterocycles. The van der Waals surface area contributed by atoms with Gasteiger partial charge in [0.05, 0.1) is 5.92 Å². The summed E-state index contributed by atoms with van der Waals surface area (Å²) in [6, 6.07) is 0. The van der Waals surface area contributed by atoms with Crippen LogP contribution in [0.1, 0.15) is 41.5 Å². The van der Waals surface area contributed by atoms with Gasteiger partial charge in [0.1, 0.15) is 0 Å². The van der Waals surface area contributed by atoms with Crippen LogP contribution < -0.4 is 0 Å². The molecule has 1 aromatic rings. The molecule has 3 heterocycles. The average molecular weight is 320 g/mol. The molecule has 0 spiro atoms. The lowest BCUT2D eigenvalue weighted by Crippen LogP contribution is -2.32. The van der Waals surface area contributed by atoms with Crippen LogP contribution >= 0.6 is 0 Å². The third-order valence-corrected chi connectivity index (χ3v) is 5.03. The lowest BCUT2D eigenvalue weighted by Gasteiger charge is -2.23. The van der Waals surface area contributed by atoms with Crippen LogP contribution in [0.2, 0.25) is 0 Å². The fraction of sp³-hybridized carbons (Fsp3) is 0.688. The highest BCUT2D eigenvalue weighted by Gasteiger charge is 2.40. The molecule has 2 aliphatic heterocycles. The second kappa shape index (κ2) is 6.31. The molecule has 7 nitrogen and oxygen atoms in total. The quantitative estimate of drug-likeness (QED) is 0.863. The maximum atomic E-state index is 12.8. The molecule has 2 aliphatic rings. The molecule has 0 bridgehead atoms. The number of aromatic nitrogens is 2. The van der Waals surface area contributed by atoms with Crippen molar-refractivity contribution in [2.75, 3.05) is 26.7 Å². The Hall–Kier alpha value is -1.89. The number of carboxylic acid groups (broad SMARTS) is 1. The number of fused-ring (bicyclic) bond motifs is 1. The van der Waals surface area contributed by atoms with E-state index in [1.54, 1.807) is 4.90 Å². The number of nitrogens with one attached hydrogen (secondary N) is 1. The molecule has 0 radical (unpaired) electrons. The molecule has 0 aliphatic carbocycles. The molecule has 0 saturated carbocycles. The van der Waals surface area contributed by atoms with Crippen LogP contribution in [0.25, 0.3) is 0 Å². The molecule has 0 unspecified atom stereocenters. The van der Waals surface area contributed by atoms with Gasteiger partial charge in [0.15, 0.2) is 5.69 Å². The minimum atomic E-state index is -0.803. The van der Waals surface area contributed by atoms with E-state index in [9.17, 15) is 14.7 Å². The zero-order chi connectivity index (χ0) is 16.6. The van der Waals surface area contributed by atoms with E-state index in [1.165, 1.54) is 0 Å². The van der Waals surface area contributed by atoms with Gasteiger partial charge in [0.2, 0.25) is 0 Å². The summed E-state index contributed by atoms with van der Waals surface area (Å²) in [5, 5.41) is 16.6. The number of H-pyrrole nitrogens is 1. The fourth-order valence-electron chi connectivity index (χ4n) is 3.74. The van der Waals surface area contributed by atoms with Crippen LogP contribution in [0.5, 0.6) is 0 Å². The monoisotopic (exact) mass is 320 g/mol. The minimum Gasteiger partial charge on any atom is -0.481 e. The number of hydrogen-bond donors (Lipinski definition) is 2. The number of aliphatic carboxylic acids is 1. The standard InChI is InChI=1S/C16H24N4O3/c1-3-4-10-7-20(9-11(10)16(22)23)15(21)14-12-8-19(2)6-5-13(12)17-18-14/h10-11H,3-9H2,1-2H3,(H,17,18)(H,22,23)/t10-,11-/m1/s1. The van der Waals surface area contributed by atoms with E-state index < -0.39 is 11.9 Å². The predicted molar refractivity (Wildman–Crippen MR) is 84.1 cm³/mol. The number of carboxylic acids is 1. The maximum Gasteiger partial charge on any atom is 0.308 e. The Morgan fingerprint density at radius 3 is 2.87 bits per heavy atom. The number of likely N-dealkylation sites (N-methyl/N-ethyl adjacent to an activating group) is 1. The average Bonchev–Trinajstić information content (AvgIpc) is 3.11. The number of carbonyl (C=O) groups is 2. The highest BCUT2D eigenvalue weighted by Crippen LogP contribution is 2.30. The molecule has 23 heavy (non-hydrogen) atoms. The van der Waals surface area contributed by atoms with Crippen molar-refractivity contribution in [2.24, 2.45) is 11.8 Å². The Labute approximate surface area is 135 Å². The number of carbonyl (C=O) groups excluding carboxylic acids is 1. The lowest BCUT2D eigenvalue weighted by atomic mass is 9.92. The molecule has 1 aromatic heterocycles. The Morgan fingerprint density at radius 1 is 1.39 bits per heavy atom. The number of aromatic amines is 1. The van der Waals surface area contributed by atoms with Crippen molar-refractivity contribution in [3.05, 3.63) is 17.0 Å². The molecular formula is C16H24N4O3. The van der Waals surface area contributed by atoms with Gasteiger partial charge in [-0.15, -0.1) is 0 Å². The van der Waals surface area contributed by atoms with Gasteiger partial charge in [-0.25, -0.2) is 0 Å². The van der Waals surface area contributed by atoms with Crippen molar-refractivity contribution in [3.63, 3.8) is 0 Å². The van der Waals surface area contributed by atoms with Gasteiger partial charge >= 0.3 is 5.97 Å². The van der Waals surface area contributed by atoms with Gasteiger partial charge in [0.25, 0.3) is 5.91 Å². The molecule has 1 fully saturated rings. The maximum absolute atomic E-state index is 12.8. The van der Waals surface area contributed by atoms with Crippen molar-refractivity contribution >= 4 is 11.9 Å². The van der Waals surface area contributed by atoms with E-state index in [0.29, 0.717) is 18.8 Å². The van der Waals surface area contributed by atoms with Crippen molar-refractivity contribution in [2.45, 2.75) is 32.7 Å². The number of rotatable bonds is 4. The topological polar surface area (TPSA) is 89.5 Å².